The topological polar surface area (TPSA) is 61.9 Å². The lowest BCUT2D eigenvalue weighted by Gasteiger charge is -2.35. The van der Waals surface area contributed by atoms with Crippen LogP contribution in [0.5, 0.6) is 0 Å². The molecule has 1 amide bonds. The first-order chi connectivity index (χ1) is 12.7. The second-order valence-corrected chi connectivity index (χ2v) is 6.46. The SMILES string of the molecule is O=C(c1cc(-c2ccncc2)n[nH]1)N1CCCCC1c1ccc(F)cc1. The largest absolute Gasteiger partial charge is 0.330 e. The van der Waals surface area contributed by atoms with Crippen molar-refractivity contribution in [3.8, 4) is 11.3 Å². The Labute approximate surface area is 150 Å². The van der Waals surface area contributed by atoms with Gasteiger partial charge in [-0.25, -0.2) is 4.39 Å². The number of hydrogen-bond donors (Lipinski definition) is 1. The number of piperidine rings is 1. The Bertz CT molecular complexity index is 892. The molecule has 3 aromatic rings. The number of carbonyl (C=O) groups is 1. The molecular formula is C20H19FN4O. The molecule has 1 unspecified atom stereocenters. The van der Waals surface area contributed by atoms with E-state index in [1.54, 1.807) is 30.6 Å². The van der Waals surface area contributed by atoms with E-state index in [4.69, 9.17) is 0 Å². The number of nitrogens with zero attached hydrogens (tertiary/aromatic N) is 3. The van der Waals surface area contributed by atoms with Crippen molar-refractivity contribution in [2.24, 2.45) is 0 Å². The van der Waals surface area contributed by atoms with Crippen LogP contribution in [0, 0.1) is 5.82 Å². The molecule has 5 nitrogen and oxygen atoms in total. The molecule has 132 valence electrons. The Morgan fingerprint density at radius 2 is 1.88 bits per heavy atom. The number of carbonyl (C=O) groups excluding carboxylic acids is 1. The molecule has 1 aromatic carbocycles. The minimum Gasteiger partial charge on any atom is -0.330 e. The smallest absolute Gasteiger partial charge is 0.272 e. The minimum absolute atomic E-state index is 0.0375. The molecule has 0 radical (unpaired) electrons. The molecule has 0 bridgehead atoms. The Balaban J connectivity index is 1.59. The van der Waals surface area contributed by atoms with Crippen LogP contribution in [0.3, 0.4) is 0 Å². The van der Waals surface area contributed by atoms with E-state index in [1.165, 1.54) is 12.1 Å². The van der Waals surface area contributed by atoms with Crippen LogP contribution in [0.1, 0.15) is 41.4 Å². The molecule has 0 spiro atoms. The van der Waals surface area contributed by atoms with Gasteiger partial charge in [0.2, 0.25) is 0 Å². The van der Waals surface area contributed by atoms with E-state index in [0.29, 0.717) is 17.9 Å². The third-order valence-corrected chi connectivity index (χ3v) is 4.80. The van der Waals surface area contributed by atoms with Crippen LogP contribution in [0.15, 0.2) is 54.9 Å². The van der Waals surface area contributed by atoms with Crippen molar-refractivity contribution in [2.45, 2.75) is 25.3 Å². The maximum absolute atomic E-state index is 13.2. The van der Waals surface area contributed by atoms with E-state index in [1.807, 2.05) is 17.0 Å². The van der Waals surface area contributed by atoms with Gasteiger partial charge >= 0.3 is 0 Å². The molecule has 4 rings (SSSR count). The molecule has 1 atom stereocenters. The standard InChI is InChI=1S/C20H19FN4O/c21-16-6-4-15(5-7-16)19-3-1-2-12-25(19)20(26)18-13-17(23-24-18)14-8-10-22-11-9-14/h4-11,13,19H,1-3,12H2,(H,23,24). The number of benzene rings is 1. The second kappa shape index (κ2) is 7.07. The van der Waals surface area contributed by atoms with Crippen LogP contribution in [0.4, 0.5) is 4.39 Å². The van der Waals surface area contributed by atoms with Crippen LogP contribution >= 0.6 is 0 Å². The van der Waals surface area contributed by atoms with E-state index in [-0.39, 0.29) is 17.8 Å². The van der Waals surface area contributed by atoms with Crippen molar-refractivity contribution in [3.05, 3.63) is 71.9 Å². The third kappa shape index (κ3) is 3.22. The number of nitrogens with one attached hydrogen (secondary N) is 1. The van der Waals surface area contributed by atoms with Gasteiger partial charge in [0, 0.05) is 24.5 Å². The zero-order valence-corrected chi connectivity index (χ0v) is 14.2. The zero-order valence-electron chi connectivity index (χ0n) is 14.2. The highest BCUT2D eigenvalue weighted by atomic mass is 19.1. The number of aromatic amines is 1. The molecule has 6 heteroatoms. The number of amides is 1. The summed E-state index contributed by atoms with van der Waals surface area (Å²) in [4.78, 5) is 18.9. The molecule has 1 saturated heterocycles. The quantitative estimate of drug-likeness (QED) is 0.777. The fourth-order valence-electron chi connectivity index (χ4n) is 3.46. The molecule has 3 heterocycles. The van der Waals surface area contributed by atoms with Gasteiger partial charge in [-0.1, -0.05) is 12.1 Å². The summed E-state index contributed by atoms with van der Waals surface area (Å²) in [6.45, 7) is 0.685. The highest BCUT2D eigenvalue weighted by Gasteiger charge is 2.29. The summed E-state index contributed by atoms with van der Waals surface area (Å²) in [5, 5.41) is 7.12. The Hall–Kier alpha value is -3.02. The Morgan fingerprint density at radius 1 is 1.12 bits per heavy atom. The molecule has 26 heavy (non-hydrogen) atoms. The van der Waals surface area contributed by atoms with Crippen molar-refractivity contribution in [2.75, 3.05) is 6.54 Å². The fraction of sp³-hybridized carbons (Fsp3) is 0.250. The minimum atomic E-state index is -0.266. The average Bonchev–Trinajstić information content (AvgIpc) is 3.19. The summed E-state index contributed by atoms with van der Waals surface area (Å²) in [5.41, 5.74) is 3.05. The highest BCUT2D eigenvalue weighted by Crippen LogP contribution is 2.32. The summed E-state index contributed by atoms with van der Waals surface area (Å²) in [5.74, 6) is -0.343. The number of H-pyrrole nitrogens is 1. The summed E-state index contributed by atoms with van der Waals surface area (Å²) in [6, 6.07) is 11.9. The molecule has 0 saturated carbocycles. The van der Waals surface area contributed by atoms with Gasteiger partial charge in [0.25, 0.3) is 5.91 Å². The van der Waals surface area contributed by atoms with Crippen molar-refractivity contribution >= 4 is 5.91 Å². The number of rotatable bonds is 3. The number of halogens is 1. The second-order valence-electron chi connectivity index (χ2n) is 6.46. The van der Waals surface area contributed by atoms with Gasteiger partial charge in [0.05, 0.1) is 11.7 Å². The average molecular weight is 350 g/mol. The Morgan fingerprint density at radius 3 is 2.65 bits per heavy atom. The van der Waals surface area contributed by atoms with Crippen LogP contribution in [0.25, 0.3) is 11.3 Å². The summed E-state index contributed by atoms with van der Waals surface area (Å²) in [6.07, 6.45) is 6.29. The molecule has 1 N–H and O–H groups in total. The van der Waals surface area contributed by atoms with E-state index in [2.05, 4.69) is 15.2 Å². The zero-order chi connectivity index (χ0) is 17.9. The molecule has 2 aromatic heterocycles. The van der Waals surface area contributed by atoms with Gasteiger partial charge in [-0.05, 0) is 55.2 Å². The summed E-state index contributed by atoms with van der Waals surface area (Å²) in [7, 11) is 0. The molecular weight excluding hydrogens is 331 g/mol. The van der Waals surface area contributed by atoms with Crippen molar-refractivity contribution < 1.29 is 9.18 Å². The first-order valence-electron chi connectivity index (χ1n) is 8.74. The fourth-order valence-corrected chi connectivity index (χ4v) is 3.46. The molecule has 1 aliphatic heterocycles. The van der Waals surface area contributed by atoms with E-state index in [9.17, 15) is 9.18 Å². The number of likely N-dealkylation sites (tertiary alicyclic amines) is 1. The molecule has 1 aliphatic rings. The number of pyridine rings is 1. The monoisotopic (exact) mass is 350 g/mol. The van der Waals surface area contributed by atoms with Gasteiger partial charge in [0.1, 0.15) is 11.5 Å². The van der Waals surface area contributed by atoms with Crippen LogP contribution in [-0.2, 0) is 0 Å². The maximum Gasteiger partial charge on any atom is 0.272 e. The van der Waals surface area contributed by atoms with Gasteiger partial charge in [0.15, 0.2) is 0 Å². The lowest BCUT2D eigenvalue weighted by atomic mass is 9.95. The maximum atomic E-state index is 13.2. The van der Waals surface area contributed by atoms with Gasteiger partial charge in [-0.2, -0.15) is 5.10 Å². The van der Waals surface area contributed by atoms with E-state index < -0.39 is 0 Å². The van der Waals surface area contributed by atoms with Crippen LogP contribution < -0.4 is 0 Å². The third-order valence-electron chi connectivity index (χ3n) is 4.80. The lowest BCUT2D eigenvalue weighted by molar-refractivity contribution is 0.0605. The van der Waals surface area contributed by atoms with Gasteiger partial charge in [-0.3, -0.25) is 14.9 Å². The van der Waals surface area contributed by atoms with Crippen LogP contribution in [0.2, 0.25) is 0 Å². The van der Waals surface area contributed by atoms with Crippen molar-refractivity contribution in [3.63, 3.8) is 0 Å². The van der Waals surface area contributed by atoms with Gasteiger partial charge in [-0.15, -0.1) is 0 Å². The number of aromatic nitrogens is 3. The van der Waals surface area contributed by atoms with Crippen molar-refractivity contribution in [1.82, 2.24) is 20.1 Å². The lowest BCUT2D eigenvalue weighted by Crippen LogP contribution is -2.38. The Kier molecular flexibility index (Phi) is 4.48. The van der Waals surface area contributed by atoms with Crippen molar-refractivity contribution in [1.29, 1.82) is 0 Å². The normalized spacial score (nSPS) is 17.3. The highest BCUT2D eigenvalue weighted by molar-refractivity contribution is 5.93. The summed E-state index contributed by atoms with van der Waals surface area (Å²) < 4.78 is 13.2. The van der Waals surface area contributed by atoms with Gasteiger partial charge < -0.3 is 4.90 Å². The molecule has 0 aliphatic carbocycles. The van der Waals surface area contributed by atoms with E-state index >= 15 is 0 Å². The first-order valence-corrected chi connectivity index (χ1v) is 8.74. The first kappa shape index (κ1) is 16.4. The summed E-state index contributed by atoms with van der Waals surface area (Å²) >= 11 is 0. The predicted octanol–water partition coefficient (Wildman–Crippen LogP) is 3.98. The molecule has 1 fully saturated rings. The van der Waals surface area contributed by atoms with Crippen LogP contribution in [-0.4, -0.2) is 32.5 Å². The predicted molar refractivity (Wildman–Crippen MR) is 95.8 cm³/mol. The van der Waals surface area contributed by atoms with E-state index in [0.717, 1.165) is 30.4 Å². The number of hydrogen-bond acceptors (Lipinski definition) is 3.